The van der Waals surface area contributed by atoms with Gasteiger partial charge in [0.05, 0.1) is 23.4 Å². The summed E-state index contributed by atoms with van der Waals surface area (Å²) in [5.74, 6) is 1.45. The molecule has 1 atom stereocenters. The standard InChI is InChI=1S/C38H40ClN7O/c1-27-41-16-17-45(27)26-31-22-30-8-5-15-42-36(30)37(34-14-11-32(39)23-35(31)34)43-18-20-44(21-19-43)38(47)46(25-29-6-3-2-4-7-29)33-12-9-28(24-40)10-13-33/h5,8-17,22-23,29,37H,2-4,6-7,18-21,25-26H2,1H3. The van der Waals surface area contributed by atoms with Crippen molar-refractivity contribution in [3.05, 3.63) is 112 Å². The van der Waals surface area contributed by atoms with Crippen molar-refractivity contribution in [3.8, 4) is 6.07 Å². The number of hydrogen-bond acceptors (Lipinski definition) is 5. The maximum Gasteiger partial charge on any atom is 0.324 e. The molecule has 2 amide bonds. The van der Waals surface area contributed by atoms with Crippen LogP contribution in [0.3, 0.4) is 0 Å². The van der Waals surface area contributed by atoms with Gasteiger partial charge >= 0.3 is 6.03 Å². The first kappa shape index (κ1) is 31.2. The number of aromatic nitrogens is 3. The molecule has 1 saturated carbocycles. The Labute approximate surface area is 281 Å². The molecule has 9 heteroatoms. The van der Waals surface area contributed by atoms with Crippen LogP contribution in [0.4, 0.5) is 10.5 Å². The van der Waals surface area contributed by atoms with Crippen LogP contribution >= 0.6 is 11.6 Å². The normalized spacial score (nSPS) is 18.4. The van der Waals surface area contributed by atoms with Gasteiger partial charge in [-0.3, -0.25) is 14.8 Å². The van der Waals surface area contributed by atoms with E-state index in [1.165, 1.54) is 24.8 Å². The van der Waals surface area contributed by atoms with E-state index >= 15 is 0 Å². The fourth-order valence-electron chi connectivity index (χ4n) is 7.47. The molecule has 7 rings (SSSR count). The van der Waals surface area contributed by atoms with E-state index in [0.717, 1.165) is 59.8 Å². The number of rotatable bonds is 6. The van der Waals surface area contributed by atoms with Gasteiger partial charge in [0.15, 0.2) is 0 Å². The highest BCUT2D eigenvalue weighted by Gasteiger charge is 2.35. The lowest BCUT2D eigenvalue weighted by atomic mass is 9.89. The van der Waals surface area contributed by atoms with Crippen molar-refractivity contribution in [1.29, 1.82) is 5.26 Å². The third kappa shape index (κ3) is 6.56. The molecular weight excluding hydrogens is 606 g/mol. The van der Waals surface area contributed by atoms with Gasteiger partial charge in [-0.25, -0.2) is 9.78 Å². The third-order valence-electron chi connectivity index (χ3n) is 10.0. The number of hydrogen-bond donors (Lipinski definition) is 0. The molecular formula is C38H40ClN7O. The maximum absolute atomic E-state index is 14.2. The highest BCUT2D eigenvalue weighted by Crippen LogP contribution is 2.41. The van der Waals surface area contributed by atoms with Crippen molar-refractivity contribution < 1.29 is 4.79 Å². The molecule has 0 bridgehead atoms. The van der Waals surface area contributed by atoms with Crippen molar-refractivity contribution in [2.75, 3.05) is 37.6 Å². The molecule has 4 aromatic rings. The van der Waals surface area contributed by atoms with E-state index in [9.17, 15) is 10.1 Å². The minimum absolute atomic E-state index is 0.0474. The highest BCUT2D eigenvalue weighted by atomic mass is 35.5. The summed E-state index contributed by atoms with van der Waals surface area (Å²) in [5, 5.41) is 10.0. The van der Waals surface area contributed by atoms with Crippen LogP contribution in [-0.4, -0.2) is 63.1 Å². The van der Waals surface area contributed by atoms with Gasteiger partial charge < -0.3 is 9.47 Å². The van der Waals surface area contributed by atoms with Crippen molar-refractivity contribution in [3.63, 3.8) is 0 Å². The van der Waals surface area contributed by atoms with Gasteiger partial charge in [-0.05, 0) is 96.5 Å². The zero-order valence-electron chi connectivity index (χ0n) is 26.9. The summed E-state index contributed by atoms with van der Waals surface area (Å²) in [5.41, 5.74) is 7.03. The second kappa shape index (κ2) is 13.7. The van der Waals surface area contributed by atoms with Gasteiger partial charge in [0.2, 0.25) is 0 Å². The van der Waals surface area contributed by atoms with Crippen LogP contribution in [0.2, 0.25) is 5.02 Å². The van der Waals surface area contributed by atoms with Gasteiger partial charge in [0.25, 0.3) is 0 Å². The summed E-state index contributed by atoms with van der Waals surface area (Å²) in [6.45, 7) is 6.08. The third-order valence-corrected chi connectivity index (χ3v) is 10.3. The minimum Gasteiger partial charge on any atom is -0.331 e. The Kier molecular flexibility index (Phi) is 9.10. The predicted octanol–water partition coefficient (Wildman–Crippen LogP) is 7.58. The molecule has 2 aromatic carbocycles. The zero-order valence-corrected chi connectivity index (χ0v) is 27.6. The van der Waals surface area contributed by atoms with Crippen LogP contribution in [0.15, 0.2) is 73.2 Å². The maximum atomic E-state index is 14.2. The molecule has 0 radical (unpaired) electrons. The number of piperazine rings is 1. The Hall–Kier alpha value is -4.45. The molecule has 2 aromatic heterocycles. The number of pyridine rings is 1. The monoisotopic (exact) mass is 645 g/mol. The number of allylic oxidation sites excluding steroid dienone is 1. The molecule has 1 unspecified atom stereocenters. The second-order valence-corrected chi connectivity index (χ2v) is 13.4. The van der Waals surface area contributed by atoms with Crippen LogP contribution in [-0.2, 0) is 6.54 Å². The first-order valence-corrected chi connectivity index (χ1v) is 17.1. The van der Waals surface area contributed by atoms with Crippen LogP contribution < -0.4 is 4.90 Å². The summed E-state index contributed by atoms with van der Waals surface area (Å²) in [4.78, 5) is 30.1. The lowest BCUT2D eigenvalue weighted by molar-refractivity contribution is 0.121. The Morgan fingerprint density at radius 1 is 1.00 bits per heavy atom. The minimum atomic E-state index is -0.0785. The summed E-state index contributed by atoms with van der Waals surface area (Å²) in [7, 11) is 0. The Bertz CT molecular complexity index is 1810. The number of anilines is 1. The number of halogens is 1. The molecule has 1 aliphatic heterocycles. The molecule has 240 valence electrons. The number of aryl methyl sites for hydroxylation is 1. The molecule has 3 heterocycles. The largest absolute Gasteiger partial charge is 0.331 e. The number of urea groups is 1. The van der Waals surface area contributed by atoms with Crippen LogP contribution in [0.1, 0.15) is 71.9 Å². The van der Waals surface area contributed by atoms with Gasteiger partial charge in [-0.15, -0.1) is 0 Å². The smallest absolute Gasteiger partial charge is 0.324 e. The number of carbonyl (C=O) groups is 1. The molecule has 2 aliphatic carbocycles. The molecule has 8 nitrogen and oxygen atoms in total. The summed E-state index contributed by atoms with van der Waals surface area (Å²) < 4.78 is 2.16. The van der Waals surface area contributed by atoms with E-state index in [1.54, 1.807) is 0 Å². The van der Waals surface area contributed by atoms with E-state index in [4.69, 9.17) is 16.6 Å². The van der Waals surface area contributed by atoms with Crippen molar-refractivity contribution in [1.82, 2.24) is 24.3 Å². The number of imidazole rings is 1. The summed E-state index contributed by atoms with van der Waals surface area (Å²) in [6, 6.07) is 20.0. The average molecular weight is 646 g/mol. The number of nitrogens with zero attached hydrogens (tertiary/aromatic N) is 7. The van der Waals surface area contributed by atoms with E-state index in [0.29, 0.717) is 42.7 Å². The first-order chi connectivity index (χ1) is 23.0. The number of nitriles is 1. The zero-order chi connectivity index (χ0) is 32.3. The average Bonchev–Trinajstić information content (AvgIpc) is 3.46. The summed E-state index contributed by atoms with van der Waals surface area (Å²) in [6.07, 6.45) is 14.0. The number of benzene rings is 2. The van der Waals surface area contributed by atoms with Crippen LogP contribution in [0, 0.1) is 24.2 Å². The van der Waals surface area contributed by atoms with Gasteiger partial charge in [-0.2, -0.15) is 5.26 Å². The first-order valence-electron chi connectivity index (χ1n) is 16.7. The molecule has 2 fully saturated rings. The Balaban J connectivity index is 1.16. The van der Waals surface area contributed by atoms with Gasteiger partial charge in [-0.1, -0.05) is 43.0 Å². The molecule has 0 spiro atoms. The quantitative estimate of drug-likeness (QED) is 0.216. The second-order valence-electron chi connectivity index (χ2n) is 13.0. The molecule has 1 saturated heterocycles. The number of carbonyl (C=O) groups excluding carboxylic acids is 1. The highest BCUT2D eigenvalue weighted by molar-refractivity contribution is 6.30. The van der Waals surface area contributed by atoms with Crippen molar-refractivity contribution in [2.24, 2.45) is 5.92 Å². The van der Waals surface area contributed by atoms with Crippen LogP contribution in [0.5, 0.6) is 0 Å². The summed E-state index contributed by atoms with van der Waals surface area (Å²) >= 11 is 6.63. The molecule has 0 N–H and O–H groups in total. The van der Waals surface area contributed by atoms with Crippen LogP contribution in [0.25, 0.3) is 11.6 Å². The fourth-order valence-corrected chi connectivity index (χ4v) is 7.65. The van der Waals surface area contributed by atoms with E-state index in [1.807, 2.05) is 71.7 Å². The lowest BCUT2D eigenvalue weighted by Gasteiger charge is -2.42. The molecule has 3 aliphatic rings. The number of fused-ring (bicyclic) bond motifs is 2. The number of amides is 2. The van der Waals surface area contributed by atoms with Crippen molar-refractivity contribution in [2.45, 2.75) is 51.6 Å². The topological polar surface area (TPSA) is 81.3 Å². The fraction of sp³-hybridized carbons (Fsp3) is 0.368. The van der Waals surface area contributed by atoms with E-state index in [2.05, 4.69) is 44.8 Å². The van der Waals surface area contributed by atoms with E-state index < -0.39 is 0 Å². The lowest BCUT2D eigenvalue weighted by Crippen LogP contribution is -2.54. The molecule has 47 heavy (non-hydrogen) atoms. The van der Waals surface area contributed by atoms with Gasteiger partial charge in [0.1, 0.15) is 5.82 Å². The van der Waals surface area contributed by atoms with Gasteiger partial charge in [0, 0.05) is 68.6 Å². The van der Waals surface area contributed by atoms with E-state index in [-0.39, 0.29) is 12.1 Å². The van der Waals surface area contributed by atoms with Crippen molar-refractivity contribution >= 4 is 35.0 Å². The SMILES string of the molecule is Cc1nccn1CC1=Cc2cccnc2C(N2CCN(C(=O)N(CC3CCCCC3)c3ccc(C#N)cc3)CC2)c2ccc(Cl)cc21. The Morgan fingerprint density at radius 3 is 2.51 bits per heavy atom. The Morgan fingerprint density at radius 2 is 1.79 bits per heavy atom. The predicted molar refractivity (Wildman–Crippen MR) is 186 cm³/mol.